The number of amides is 1. The quantitative estimate of drug-likeness (QED) is 0.657. The third-order valence-electron chi connectivity index (χ3n) is 3.45. The normalized spacial score (nSPS) is 10.4. The van der Waals surface area contributed by atoms with E-state index in [1.807, 2.05) is 55.5 Å². The van der Waals surface area contributed by atoms with Gasteiger partial charge in [0.15, 0.2) is 5.76 Å². The lowest BCUT2D eigenvalue weighted by atomic mass is 10.2. The van der Waals surface area contributed by atoms with Gasteiger partial charge in [-0.15, -0.1) is 0 Å². The second-order valence-electron chi connectivity index (χ2n) is 5.28. The van der Waals surface area contributed by atoms with Crippen LogP contribution in [0.5, 0.6) is 5.75 Å². The van der Waals surface area contributed by atoms with Crippen LogP contribution in [0.3, 0.4) is 0 Å². The zero-order valence-electron chi connectivity index (χ0n) is 13.1. The monoisotopic (exact) mass is 385 g/mol. The molecule has 3 rings (SSSR count). The van der Waals surface area contributed by atoms with Gasteiger partial charge in [0.25, 0.3) is 5.91 Å². The third kappa shape index (κ3) is 4.06. The highest BCUT2D eigenvalue weighted by molar-refractivity contribution is 9.10. The van der Waals surface area contributed by atoms with Gasteiger partial charge in [0.2, 0.25) is 0 Å². The number of aryl methyl sites for hydroxylation is 1. The largest absolute Gasteiger partial charge is 0.486 e. The molecule has 122 valence electrons. The van der Waals surface area contributed by atoms with E-state index in [-0.39, 0.29) is 18.3 Å². The highest BCUT2D eigenvalue weighted by Gasteiger charge is 2.13. The average Bonchev–Trinajstić information content (AvgIpc) is 3.05. The number of hydrogen-bond donors (Lipinski definition) is 1. The van der Waals surface area contributed by atoms with E-state index >= 15 is 0 Å². The van der Waals surface area contributed by atoms with Crippen molar-refractivity contribution in [2.45, 2.75) is 13.5 Å². The second kappa shape index (κ2) is 7.36. The topological polar surface area (TPSA) is 51.5 Å². The van der Waals surface area contributed by atoms with Gasteiger partial charge in [-0.2, -0.15) is 0 Å². The van der Waals surface area contributed by atoms with Crippen molar-refractivity contribution >= 4 is 27.5 Å². The Hall–Kier alpha value is -2.53. The zero-order valence-corrected chi connectivity index (χ0v) is 14.7. The van der Waals surface area contributed by atoms with Crippen LogP contribution in [0.2, 0.25) is 0 Å². The molecule has 3 aromatic rings. The van der Waals surface area contributed by atoms with Crippen LogP contribution in [-0.4, -0.2) is 5.91 Å². The van der Waals surface area contributed by atoms with E-state index in [9.17, 15) is 4.79 Å². The van der Waals surface area contributed by atoms with E-state index in [1.54, 1.807) is 12.1 Å². The van der Waals surface area contributed by atoms with Crippen LogP contribution < -0.4 is 10.1 Å². The molecule has 0 spiro atoms. The number of benzene rings is 2. The Bertz CT molecular complexity index is 843. The summed E-state index contributed by atoms with van der Waals surface area (Å²) in [6.07, 6.45) is 0. The van der Waals surface area contributed by atoms with Gasteiger partial charge >= 0.3 is 0 Å². The second-order valence-corrected chi connectivity index (χ2v) is 6.20. The summed E-state index contributed by atoms with van der Waals surface area (Å²) in [5.41, 5.74) is 1.72. The molecule has 0 aliphatic heterocycles. The van der Waals surface area contributed by atoms with Gasteiger partial charge in [0, 0.05) is 10.2 Å². The van der Waals surface area contributed by atoms with E-state index in [4.69, 9.17) is 9.15 Å². The molecular weight excluding hydrogens is 370 g/mol. The Morgan fingerprint density at radius 3 is 2.67 bits per heavy atom. The Labute approximate surface area is 148 Å². The smallest absolute Gasteiger partial charge is 0.291 e. The number of hydrogen-bond acceptors (Lipinski definition) is 3. The minimum absolute atomic E-state index is 0.254. The summed E-state index contributed by atoms with van der Waals surface area (Å²) in [6, 6.07) is 18.5. The summed E-state index contributed by atoms with van der Waals surface area (Å²) < 4.78 is 12.1. The van der Waals surface area contributed by atoms with Crippen LogP contribution in [0.15, 0.2) is 69.6 Å². The number of halogens is 1. The van der Waals surface area contributed by atoms with Gasteiger partial charge in [-0.3, -0.25) is 4.79 Å². The van der Waals surface area contributed by atoms with Crippen molar-refractivity contribution in [2.24, 2.45) is 0 Å². The maximum Gasteiger partial charge on any atom is 0.291 e. The van der Waals surface area contributed by atoms with Gasteiger partial charge in [-0.25, -0.2) is 0 Å². The van der Waals surface area contributed by atoms with Gasteiger partial charge < -0.3 is 14.5 Å². The minimum Gasteiger partial charge on any atom is -0.486 e. The van der Waals surface area contributed by atoms with Crippen molar-refractivity contribution in [3.05, 3.63) is 82.2 Å². The molecule has 5 heteroatoms. The molecule has 1 N–H and O–H groups in total. The number of rotatable bonds is 5. The fraction of sp³-hybridized carbons (Fsp3) is 0.105. The molecule has 24 heavy (non-hydrogen) atoms. The van der Waals surface area contributed by atoms with Crippen molar-refractivity contribution in [3.63, 3.8) is 0 Å². The first-order valence-corrected chi connectivity index (χ1v) is 8.25. The van der Waals surface area contributed by atoms with Crippen LogP contribution in [0.25, 0.3) is 0 Å². The molecule has 0 aliphatic rings. The third-order valence-corrected chi connectivity index (χ3v) is 3.94. The first-order chi connectivity index (χ1) is 11.6. The number of nitrogens with one attached hydrogen (secondary N) is 1. The molecular formula is C19H16BrNO3. The highest BCUT2D eigenvalue weighted by atomic mass is 79.9. The minimum atomic E-state index is -0.286. The van der Waals surface area contributed by atoms with Crippen LogP contribution in [0.1, 0.15) is 21.9 Å². The summed E-state index contributed by atoms with van der Waals surface area (Å²) >= 11 is 3.40. The van der Waals surface area contributed by atoms with Crippen LogP contribution >= 0.6 is 15.9 Å². The number of para-hydroxylation sites is 1. The first-order valence-electron chi connectivity index (χ1n) is 7.46. The van der Waals surface area contributed by atoms with Crippen molar-refractivity contribution in [3.8, 4) is 5.75 Å². The standard InChI is InChI=1S/C19H16BrNO3/c1-13-11-14(20)7-9-17(13)21-19(22)18-10-8-16(24-18)12-23-15-5-3-2-4-6-15/h2-11H,12H2,1H3,(H,21,22). The van der Waals surface area contributed by atoms with Gasteiger partial charge in [-0.05, 0) is 55.0 Å². The van der Waals surface area contributed by atoms with Gasteiger partial charge in [-0.1, -0.05) is 34.1 Å². The van der Waals surface area contributed by atoms with E-state index in [0.717, 1.165) is 21.5 Å². The summed E-state index contributed by atoms with van der Waals surface area (Å²) in [6.45, 7) is 2.20. The van der Waals surface area contributed by atoms with E-state index < -0.39 is 0 Å². The fourth-order valence-electron chi connectivity index (χ4n) is 2.20. The zero-order chi connectivity index (χ0) is 16.9. The summed E-state index contributed by atoms with van der Waals surface area (Å²) in [7, 11) is 0. The molecule has 1 heterocycles. The Morgan fingerprint density at radius 2 is 1.92 bits per heavy atom. The summed E-state index contributed by atoms with van der Waals surface area (Å²) in [5, 5.41) is 2.85. The Morgan fingerprint density at radius 1 is 1.12 bits per heavy atom. The molecule has 0 atom stereocenters. The van der Waals surface area contributed by atoms with Crippen molar-refractivity contribution in [2.75, 3.05) is 5.32 Å². The molecule has 2 aromatic carbocycles. The lowest BCUT2D eigenvalue weighted by Gasteiger charge is -2.07. The highest BCUT2D eigenvalue weighted by Crippen LogP contribution is 2.21. The fourth-order valence-corrected chi connectivity index (χ4v) is 2.68. The van der Waals surface area contributed by atoms with Crippen molar-refractivity contribution in [1.82, 2.24) is 0 Å². The van der Waals surface area contributed by atoms with Gasteiger partial charge in [0.1, 0.15) is 18.1 Å². The molecule has 0 fully saturated rings. The molecule has 1 amide bonds. The van der Waals surface area contributed by atoms with E-state index in [1.165, 1.54) is 0 Å². The molecule has 0 aliphatic carbocycles. The molecule has 1 aromatic heterocycles. The maximum atomic E-state index is 12.3. The van der Waals surface area contributed by atoms with Crippen molar-refractivity contribution < 1.29 is 13.9 Å². The summed E-state index contributed by atoms with van der Waals surface area (Å²) in [4.78, 5) is 12.3. The van der Waals surface area contributed by atoms with Crippen LogP contribution in [0.4, 0.5) is 5.69 Å². The lowest BCUT2D eigenvalue weighted by Crippen LogP contribution is -2.11. The number of furan rings is 1. The van der Waals surface area contributed by atoms with E-state index in [0.29, 0.717) is 5.76 Å². The Kier molecular flexibility index (Phi) is 5.01. The Balaban J connectivity index is 1.63. The number of anilines is 1. The van der Waals surface area contributed by atoms with Gasteiger partial charge in [0.05, 0.1) is 0 Å². The lowest BCUT2D eigenvalue weighted by molar-refractivity contribution is 0.0992. The predicted octanol–water partition coefficient (Wildman–Crippen LogP) is 5.18. The van der Waals surface area contributed by atoms with Crippen LogP contribution in [0, 0.1) is 6.92 Å². The number of carbonyl (C=O) groups is 1. The number of carbonyl (C=O) groups excluding carboxylic acids is 1. The molecule has 0 radical (unpaired) electrons. The average molecular weight is 386 g/mol. The molecule has 4 nitrogen and oxygen atoms in total. The molecule has 0 saturated carbocycles. The summed E-state index contributed by atoms with van der Waals surface area (Å²) in [5.74, 6) is 1.32. The van der Waals surface area contributed by atoms with Crippen LogP contribution in [-0.2, 0) is 6.61 Å². The molecule has 0 bridgehead atoms. The maximum absolute atomic E-state index is 12.3. The number of ether oxygens (including phenoxy) is 1. The van der Waals surface area contributed by atoms with E-state index in [2.05, 4.69) is 21.2 Å². The van der Waals surface area contributed by atoms with Crippen molar-refractivity contribution in [1.29, 1.82) is 0 Å². The molecule has 0 saturated heterocycles. The predicted molar refractivity (Wildman–Crippen MR) is 96.3 cm³/mol. The molecule has 0 unspecified atom stereocenters. The first kappa shape index (κ1) is 16.3. The SMILES string of the molecule is Cc1cc(Br)ccc1NC(=O)c1ccc(COc2ccccc2)o1.